The van der Waals surface area contributed by atoms with Crippen molar-refractivity contribution in [2.45, 2.75) is 164 Å². The first-order valence-electron chi connectivity index (χ1n) is 27.8. The molecule has 5 rings (SSSR count). The number of ketones is 1. The molecule has 3 aromatic rings. The average Bonchev–Trinajstić information content (AvgIpc) is 1.21. The largest absolute Gasteiger partial charge is 0.466 e. The van der Waals surface area contributed by atoms with Gasteiger partial charge in [0.25, 0.3) is 0 Å². The average molecular weight is 1250 g/mol. The number of carbonyl (C=O) groups is 6. The molecule has 86 heavy (non-hydrogen) atoms. The van der Waals surface area contributed by atoms with E-state index in [1.54, 1.807) is 53.7 Å². The summed E-state index contributed by atoms with van der Waals surface area (Å²) in [7, 11) is -1.34. The Labute approximate surface area is 518 Å². The lowest BCUT2D eigenvalue weighted by molar-refractivity contribution is -0.496. The van der Waals surface area contributed by atoms with Gasteiger partial charge in [-0.15, -0.1) is 0 Å². The topological polar surface area (TPSA) is 264 Å². The van der Waals surface area contributed by atoms with E-state index in [9.17, 15) is 43.4 Å². The summed E-state index contributed by atoms with van der Waals surface area (Å²) >= 11 is 0. The van der Waals surface area contributed by atoms with E-state index in [4.69, 9.17) is 29.1 Å². The second-order valence-electron chi connectivity index (χ2n) is 19.8. The van der Waals surface area contributed by atoms with Crippen LogP contribution in [-0.2, 0) is 57.0 Å². The fourth-order valence-corrected chi connectivity index (χ4v) is 11.1. The molecule has 0 saturated carbocycles. The SMILES string of the molecule is C.C.C.C.C1CCOC1.CCC(C)=O.CCC1(C)CNC(=O)C1.CCOC(=O)/C=C(\C)CC.CCOC(=O)C=P(c1ccccc1)(c1ccccc1)c1ccccc1.CCOC(=O)CC(C)(CC)C[N+](=O)[O-].CCOC(=O)CP(C)(C)=O.C[N+](=O)[O-]. The lowest BCUT2D eigenvalue weighted by Crippen LogP contribution is -2.29. The molecule has 1 N–H and O–H groups in total. The molecule has 0 radical (unpaired) electrons. The first-order valence-corrected chi connectivity index (χ1v) is 32.5. The fourth-order valence-electron chi connectivity index (χ4n) is 6.75. The molecule has 0 spiro atoms. The summed E-state index contributed by atoms with van der Waals surface area (Å²) in [6.45, 7) is 27.3. The fraction of sp³-hybridized carbons (Fsp3) is 0.585. The Kier molecular flexibility index (Phi) is 58.8. The van der Waals surface area contributed by atoms with Gasteiger partial charge in [-0.05, 0) is 115 Å². The Bertz CT molecular complexity index is 2330. The number of Topliss-reactive ketones (excluding diaryl/α,β-unsaturated/α-hetero) is 1. The first kappa shape index (κ1) is 93.4. The number of nitro groups is 2. The number of hydrogen-bond donors (Lipinski definition) is 1. The second-order valence-corrected chi connectivity index (χ2v) is 26.5. The number of esters is 4. The van der Waals surface area contributed by atoms with Crippen LogP contribution in [0.25, 0.3) is 0 Å². The summed E-state index contributed by atoms with van der Waals surface area (Å²) in [5, 5.41) is 25.4. The Morgan fingerprint density at radius 1 is 0.674 bits per heavy atom. The van der Waals surface area contributed by atoms with Gasteiger partial charge in [-0.25, -0.2) is 9.59 Å². The number of ether oxygens (including phenoxy) is 5. The normalized spacial score (nSPS) is 13.9. The van der Waals surface area contributed by atoms with Crippen LogP contribution in [0.4, 0.5) is 0 Å². The monoisotopic (exact) mass is 1250 g/mol. The van der Waals surface area contributed by atoms with Crippen LogP contribution in [0.3, 0.4) is 0 Å². The second kappa shape index (κ2) is 54.1. The minimum Gasteiger partial charge on any atom is -0.466 e. The van der Waals surface area contributed by atoms with Gasteiger partial charge < -0.3 is 38.4 Å². The van der Waals surface area contributed by atoms with E-state index in [1.165, 1.54) is 18.9 Å². The van der Waals surface area contributed by atoms with Gasteiger partial charge in [0.1, 0.15) is 5.78 Å². The first-order chi connectivity index (χ1) is 38.5. The zero-order chi connectivity index (χ0) is 63.2. The third kappa shape index (κ3) is 47.9. The number of carbonyl (C=O) groups excluding carboxylic acids is 6. The van der Waals surface area contributed by atoms with Crippen molar-refractivity contribution in [3.63, 3.8) is 0 Å². The zero-order valence-corrected chi connectivity index (χ0v) is 53.4. The van der Waals surface area contributed by atoms with Crippen molar-refractivity contribution in [1.82, 2.24) is 5.32 Å². The number of hydrogen-bond acceptors (Lipinski definition) is 16. The van der Waals surface area contributed by atoms with Crippen molar-refractivity contribution in [3.05, 3.63) is 123 Å². The molecule has 2 atom stereocenters. The van der Waals surface area contributed by atoms with E-state index in [1.807, 2.05) is 89.2 Å². The molecule has 2 saturated heterocycles. The molecule has 2 aliphatic heterocycles. The third-order valence-corrected chi connectivity index (χ3v) is 16.8. The Hall–Kier alpha value is -6.29. The molecule has 19 nitrogen and oxygen atoms in total. The summed E-state index contributed by atoms with van der Waals surface area (Å²) in [4.78, 5) is 83.9. The highest BCUT2D eigenvalue weighted by Gasteiger charge is 2.33. The van der Waals surface area contributed by atoms with Crippen molar-refractivity contribution in [2.75, 3.05) is 79.3 Å². The molecule has 2 aliphatic rings. The van der Waals surface area contributed by atoms with E-state index in [-0.39, 0.29) is 94.7 Å². The maximum atomic E-state index is 12.5. The molecule has 0 aromatic heterocycles. The van der Waals surface area contributed by atoms with Gasteiger partial charge in [0.05, 0.1) is 46.2 Å². The lowest BCUT2D eigenvalue weighted by atomic mass is 9.84. The molecular formula is C65H113N3O16P2. The maximum absolute atomic E-state index is 12.5. The summed E-state index contributed by atoms with van der Waals surface area (Å²) < 4.78 is 35.3. The Balaban J connectivity index is -0.000000178. The van der Waals surface area contributed by atoms with Gasteiger partial charge in [-0.1, -0.05) is 168 Å². The summed E-state index contributed by atoms with van der Waals surface area (Å²) in [6.07, 6.45) is 8.21. The molecule has 0 bridgehead atoms. The van der Waals surface area contributed by atoms with Crippen LogP contribution in [0.5, 0.6) is 0 Å². The van der Waals surface area contributed by atoms with Crippen LogP contribution < -0.4 is 21.2 Å². The minimum absolute atomic E-state index is 0. The lowest BCUT2D eigenvalue weighted by Gasteiger charge is -2.28. The molecule has 2 heterocycles. The van der Waals surface area contributed by atoms with E-state index in [2.05, 4.69) is 60.3 Å². The number of nitrogens with one attached hydrogen (secondary N) is 1. The van der Waals surface area contributed by atoms with E-state index in [0.717, 1.165) is 61.1 Å². The van der Waals surface area contributed by atoms with Crippen LogP contribution in [-0.4, -0.2) is 130 Å². The number of allylic oxidation sites excluding steroid dienone is 1. The predicted molar refractivity (Wildman–Crippen MR) is 358 cm³/mol. The Morgan fingerprint density at radius 2 is 1.06 bits per heavy atom. The van der Waals surface area contributed by atoms with E-state index < -0.39 is 24.4 Å². The number of rotatable bonds is 19. The van der Waals surface area contributed by atoms with Crippen LogP contribution in [0.1, 0.15) is 164 Å². The standard InChI is InChI=1S/C22H21O2P.C9H17NO4.C8H14O2.C7H13NO.C6H13O3P.2C4H8O.CH3NO2.4CH4/c1-2-24-22(23)18-25(19-12-6-3-7-13-19,20-14-8-4-9-15-20)21-16-10-5-11-17-21;1-4-9(3,7-10(12)13)6-8(11)14-5-2;1-4-7(3)6-8(9)10-5-2;1-3-7(2)4-6(9)8-5-7;1-4-9-6(7)5-10(2,3)8;1-2-4-5-3-1;1-3-4(2)5;1-2(3)4;;;;/h3-18H,2H2,1H3;4-7H2,1-3H3;6H,4-5H2,1-3H3;3-5H2,1-2H3,(H,8,9);4-5H2,1-3H3;1-4H2;3H2,1-2H3;1H3;4*1H4/b;;7-6+;;;;;;;;;. The van der Waals surface area contributed by atoms with Crippen molar-refractivity contribution in [3.8, 4) is 0 Å². The van der Waals surface area contributed by atoms with Gasteiger partial charge in [0, 0.05) is 59.7 Å². The summed E-state index contributed by atoms with van der Waals surface area (Å²) in [5.74, 6) is 1.03. The van der Waals surface area contributed by atoms with Crippen molar-refractivity contribution >= 4 is 71.3 Å². The van der Waals surface area contributed by atoms with E-state index in [0.29, 0.717) is 45.7 Å². The minimum atomic E-state index is -2.24. The quantitative estimate of drug-likeness (QED) is 0.0292. The van der Waals surface area contributed by atoms with Gasteiger partial charge in [0.15, 0.2) is 7.05 Å². The van der Waals surface area contributed by atoms with Crippen molar-refractivity contribution < 1.29 is 66.9 Å². The number of amides is 1. The highest BCUT2D eigenvalue weighted by molar-refractivity contribution is 7.95. The van der Waals surface area contributed by atoms with Crippen LogP contribution in [0.15, 0.2) is 103 Å². The number of benzene rings is 3. The number of nitrogens with zero attached hydrogens (tertiary/aromatic N) is 2. The molecule has 1 amide bonds. The molecule has 3 aromatic carbocycles. The van der Waals surface area contributed by atoms with Gasteiger partial charge in [0.2, 0.25) is 12.5 Å². The Morgan fingerprint density at radius 3 is 1.33 bits per heavy atom. The molecule has 2 fully saturated rings. The molecular weight excluding hydrogens is 1140 g/mol. The smallest absolute Gasteiger partial charge is 0.331 e. The zero-order valence-electron chi connectivity index (χ0n) is 51.7. The molecule has 0 aliphatic carbocycles. The molecule has 494 valence electrons. The predicted octanol–water partition coefficient (Wildman–Crippen LogP) is 13.2. The van der Waals surface area contributed by atoms with Crippen LogP contribution in [0.2, 0.25) is 0 Å². The van der Waals surface area contributed by atoms with Crippen LogP contribution >= 0.6 is 14.0 Å². The third-order valence-electron chi connectivity index (χ3n) is 11.8. The van der Waals surface area contributed by atoms with Gasteiger partial charge in [-0.3, -0.25) is 34.6 Å². The highest BCUT2D eigenvalue weighted by atomic mass is 31.2. The van der Waals surface area contributed by atoms with Crippen LogP contribution in [0, 0.1) is 31.1 Å². The summed E-state index contributed by atoms with van der Waals surface area (Å²) in [6, 6.07) is 30.7. The molecule has 2 unspecified atom stereocenters. The van der Waals surface area contributed by atoms with Gasteiger partial charge >= 0.3 is 23.9 Å². The van der Waals surface area contributed by atoms with E-state index >= 15 is 0 Å². The highest BCUT2D eigenvalue weighted by Crippen LogP contribution is 2.43. The summed E-state index contributed by atoms with van der Waals surface area (Å²) in [5.41, 5.74) is 0.714. The van der Waals surface area contributed by atoms with Crippen molar-refractivity contribution in [2.24, 2.45) is 10.8 Å². The molecule has 21 heteroatoms. The van der Waals surface area contributed by atoms with Crippen molar-refractivity contribution in [1.29, 1.82) is 0 Å². The maximum Gasteiger partial charge on any atom is 0.331 e. The van der Waals surface area contributed by atoms with Gasteiger partial charge in [-0.2, -0.15) is 0 Å².